The summed E-state index contributed by atoms with van der Waals surface area (Å²) in [6.45, 7) is 14.2. The maximum atomic E-state index is 5.67. The van der Waals surface area contributed by atoms with Crippen molar-refractivity contribution in [1.82, 2.24) is 4.90 Å². The molecule has 1 fully saturated rings. The van der Waals surface area contributed by atoms with Crippen LogP contribution >= 0.6 is 0 Å². The van der Waals surface area contributed by atoms with Crippen LogP contribution in [0.5, 0.6) is 0 Å². The van der Waals surface area contributed by atoms with Gasteiger partial charge in [0, 0.05) is 19.7 Å². The number of morpholine rings is 1. The zero-order chi connectivity index (χ0) is 12.9. The Morgan fingerprint density at radius 2 is 2.00 bits per heavy atom. The van der Waals surface area contributed by atoms with E-state index in [1.165, 1.54) is 19.4 Å². The predicted molar refractivity (Wildman–Crippen MR) is 73.5 cm³/mol. The summed E-state index contributed by atoms with van der Waals surface area (Å²) in [5, 5.41) is 0. The maximum Gasteiger partial charge on any atom is 0.0935 e. The van der Waals surface area contributed by atoms with E-state index in [-0.39, 0.29) is 0 Å². The molecule has 17 heavy (non-hydrogen) atoms. The van der Waals surface area contributed by atoms with Crippen molar-refractivity contribution in [3.05, 3.63) is 0 Å². The molecule has 0 saturated carbocycles. The number of nitrogens with zero attached hydrogens (tertiary/aromatic N) is 1. The maximum absolute atomic E-state index is 5.67. The average Bonchev–Trinajstić information content (AvgIpc) is 2.38. The lowest BCUT2D eigenvalue weighted by atomic mass is 10.2. The fourth-order valence-corrected chi connectivity index (χ4v) is 1.86. The van der Waals surface area contributed by atoms with Gasteiger partial charge in [-0.2, -0.15) is 0 Å². The molecule has 0 aromatic carbocycles. The molecule has 0 aromatic heterocycles. The fraction of sp³-hybridized carbons (Fsp3) is 1.00. The van der Waals surface area contributed by atoms with Crippen LogP contribution in [0.3, 0.4) is 0 Å². The Balaban J connectivity index is 0.00000121. The minimum absolute atomic E-state index is 0.294. The highest BCUT2D eigenvalue weighted by atomic mass is 16.5. The number of hydrogen-bond acceptors (Lipinski definition) is 3. The van der Waals surface area contributed by atoms with Crippen molar-refractivity contribution in [3.63, 3.8) is 0 Å². The highest BCUT2D eigenvalue weighted by Crippen LogP contribution is 2.06. The Kier molecular flexibility index (Phi) is 12.3. The van der Waals surface area contributed by atoms with Gasteiger partial charge in [0.05, 0.1) is 19.3 Å². The number of rotatable bonds is 7. The van der Waals surface area contributed by atoms with Crippen molar-refractivity contribution in [3.8, 4) is 0 Å². The highest BCUT2D eigenvalue weighted by Gasteiger charge is 2.19. The van der Waals surface area contributed by atoms with Crippen LogP contribution in [0.2, 0.25) is 0 Å². The molecule has 0 spiro atoms. The molecule has 3 heteroatoms. The molecule has 1 aliphatic heterocycles. The summed E-state index contributed by atoms with van der Waals surface area (Å²) in [5.74, 6) is 0. The highest BCUT2D eigenvalue weighted by molar-refractivity contribution is 4.70. The van der Waals surface area contributed by atoms with E-state index in [0.717, 1.165) is 39.3 Å². The second-order valence-electron chi connectivity index (χ2n) is 4.22. The molecule has 0 aliphatic carbocycles. The van der Waals surface area contributed by atoms with Crippen molar-refractivity contribution < 1.29 is 9.47 Å². The monoisotopic (exact) mass is 245 g/mol. The topological polar surface area (TPSA) is 21.7 Å². The van der Waals surface area contributed by atoms with Crippen LogP contribution < -0.4 is 0 Å². The van der Waals surface area contributed by atoms with Gasteiger partial charge in [0.2, 0.25) is 0 Å². The quantitative estimate of drug-likeness (QED) is 0.644. The van der Waals surface area contributed by atoms with Gasteiger partial charge in [-0.1, -0.05) is 34.1 Å². The van der Waals surface area contributed by atoms with Crippen molar-refractivity contribution in [1.29, 1.82) is 0 Å². The number of ether oxygens (including phenoxy) is 2. The molecule has 0 aromatic rings. The van der Waals surface area contributed by atoms with Gasteiger partial charge in [-0.15, -0.1) is 0 Å². The van der Waals surface area contributed by atoms with Crippen LogP contribution in [-0.4, -0.2) is 50.5 Å². The van der Waals surface area contributed by atoms with Gasteiger partial charge < -0.3 is 9.47 Å². The Morgan fingerprint density at radius 3 is 2.65 bits per heavy atom. The zero-order valence-corrected chi connectivity index (χ0v) is 12.2. The van der Waals surface area contributed by atoms with E-state index in [4.69, 9.17) is 9.47 Å². The predicted octanol–water partition coefficient (Wildman–Crippen LogP) is 2.94. The summed E-state index contributed by atoms with van der Waals surface area (Å²) in [4.78, 5) is 2.47. The molecule has 1 unspecified atom stereocenters. The molecule has 1 saturated heterocycles. The van der Waals surface area contributed by atoms with Crippen LogP contribution in [0, 0.1) is 0 Å². The average molecular weight is 245 g/mol. The normalized spacial score (nSPS) is 20.8. The summed E-state index contributed by atoms with van der Waals surface area (Å²) in [7, 11) is 0. The standard InChI is InChI=1S/C12H25NO2.C2H6/c1-3-5-8-14-11-12-10-13(6-4-2)7-9-15-12;1-2/h12H,3-11H2,1-2H3;1-2H3. The molecule has 0 N–H and O–H groups in total. The molecule has 1 aliphatic rings. The van der Waals surface area contributed by atoms with Gasteiger partial charge in [0.1, 0.15) is 0 Å². The van der Waals surface area contributed by atoms with Crippen LogP contribution in [0.1, 0.15) is 47.0 Å². The van der Waals surface area contributed by atoms with E-state index in [1.54, 1.807) is 0 Å². The lowest BCUT2D eigenvalue weighted by Gasteiger charge is -2.32. The summed E-state index contributed by atoms with van der Waals surface area (Å²) < 4.78 is 11.3. The van der Waals surface area contributed by atoms with Gasteiger partial charge in [-0.05, 0) is 19.4 Å². The first-order valence-electron chi connectivity index (χ1n) is 7.28. The van der Waals surface area contributed by atoms with Crippen LogP contribution in [0.25, 0.3) is 0 Å². The minimum Gasteiger partial charge on any atom is -0.379 e. The molecule has 0 amide bonds. The van der Waals surface area contributed by atoms with Crippen molar-refractivity contribution in [2.45, 2.75) is 53.1 Å². The number of unbranched alkanes of at least 4 members (excludes halogenated alkanes) is 1. The van der Waals surface area contributed by atoms with E-state index >= 15 is 0 Å². The Morgan fingerprint density at radius 1 is 1.24 bits per heavy atom. The van der Waals surface area contributed by atoms with E-state index in [9.17, 15) is 0 Å². The van der Waals surface area contributed by atoms with Gasteiger partial charge >= 0.3 is 0 Å². The van der Waals surface area contributed by atoms with Gasteiger partial charge in [0.25, 0.3) is 0 Å². The fourth-order valence-electron chi connectivity index (χ4n) is 1.86. The zero-order valence-electron chi connectivity index (χ0n) is 12.2. The number of hydrogen-bond donors (Lipinski definition) is 0. The van der Waals surface area contributed by atoms with E-state index in [1.807, 2.05) is 13.8 Å². The summed E-state index contributed by atoms with van der Waals surface area (Å²) in [5.41, 5.74) is 0. The van der Waals surface area contributed by atoms with E-state index in [2.05, 4.69) is 18.7 Å². The molecular formula is C14H31NO2. The van der Waals surface area contributed by atoms with Crippen LogP contribution in [0.4, 0.5) is 0 Å². The molecule has 104 valence electrons. The molecule has 0 bridgehead atoms. The Hall–Kier alpha value is -0.120. The molecule has 1 atom stereocenters. The van der Waals surface area contributed by atoms with Gasteiger partial charge in [-0.25, -0.2) is 0 Å². The molecule has 1 rings (SSSR count). The molecule has 3 nitrogen and oxygen atoms in total. The third-order valence-electron chi connectivity index (χ3n) is 2.71. The van der Waals surface area contributed by atoms with Crippen molar-refractivity contribution in [2.75, 3.05) is 39.5 Å². The Bertz CT molecular complexity index is 151. The second-order valence-corrected chi connectivity index (χ2v) is 4.22. The summed E-state index contributed by atoms with van der Waals surface area (Å²) >= 11 is 0. The second kappa shape index (κ2) is 12.3. The smallest absolute Gasteiger partial charge is 0.0935 e. The summed E-state index contributed by atoms with van der Waals surface area (Å²) in [6.07, 6.45) is 3.88. The molecule has 0 radical (unpaired) electrons. The SMILES string of the molecule is CC.CCCCOCC1CN(CCC)CCO1. The van der Waals surface area contributed by atoms with Crippen LogP contribution in [0.15, 0.2) is 0 Å². The third kappa shape index (κ3) is 8.58. The lowest BCUT2D eigenvalue weighted by Crippen LogP contribution is -2.44. The Labute approximate surface area is 107 Å². The van der Waals surface area contributed by atoms with E-state index < -0.39 is 0 Å². The van der Waals surface area contributed by atoms with E-state index in [0.29, 0.717) is 6.10 Å². The first-order chi connectivity index (χ1) is 8.36. The van der Waals surface area contributed by atoms with Gasteiger partial charge in [-0.3, -0.25) is 4.90 Å². The van der Waals surface area contributed by atoms with Crippen molar-refractivity contribution >= 4 is 0 Å². The summed E-state index contributed by atoms with van der Waals surface area (Å²) in [6, 6.07) is 0. The molecule has 1 heterocycles. The largest absolute Gasteiger partial charge is 0.379 e. The molecular weight excluding hydrogens is 214 g/mol. The first-order valence-corrected chi connectivity index (χ1v) is 7.28. The van der Waals surface area contributed by atoms with Gasteiger partial charge in [0.15, 0.2) is 0 Å². The van der Waals surface area contributed by atoms with Crippen molar-refractivity contribution in [2.24, 2.45) is 0 Å². The lowest BCUT2D eigenvalue weighted by molar-refractivity contribution is -0.0691. The third-order valence-corrected chi connectivity index (χ3v) is 2.71. The van der Waals surface area contributed by atoms with Crippen LogP contribution in [-0.2, 0) is 9.47 Å². The first kappa shape index (κ1) is 16.9. The minimum atomic E-state index is 0.294.